The fraction of sp³-hybridized carbons (Fsp3) is 0.357. The molecule has 4 rings (SSSR count). The van der Waals surface area contributed by atoms with Crippen molar-refractivity contribution in [1.29, 1.82) is 0 Å². The maximum absolute atomic E-state index is 14.0. The fourth-order valence-electron chi connectivity index (χ4n) is 4.77. The number of amides is 2. The monoisotopic (exact) mass is 492 g/mol. The first kappa shape index (κ1) is 24.8. The van der Waals surface area contributed by atoms with Gasteiger partial charge in [0.15, 0.2) is 11.5 Å². The second-order valence-corrected chi connectivity index (χ2v) is 9.81. The van der Waals surface area contributed by atoms with Crippen molar-refractivity contribution in [2.75, 3.05) is 19.1 Å². The minimum atomic E-state index is -0.922. The molecule has 3 aromatic rings. The Kier molecular flexibility index (Phi) is 8.08. The minimum Gasteiger partial charge on any atom is -0.493 e. The van der Waals surface area contributed by atoms with Gasteiger partial charge in [0.25, 0.3) is 0 Å². The van der Waals surface area contributed by atoms with Crippen molar-refractivity contribution in [1.82, 2.24) is 5.32 Å². The molecule has 0 spiro atoms. The number of hydrogen-bond donors (Lipinski definition) is 1. The zero-order valence-corrected chi connectivity index (χ0v) is 21.3. The van der Waals surface area contributed by atoms with Gasteiger partial charge in [0.2, 0.25) is 11.8 Å². The topological polar surface area (TPSA) is 67.9 Å². The van der Waals surface area contributed by atoms with Gasteiger partial charge in [-0.15, -0.1) is 11.3 Å². The molecule has 0 unspecified atom stereocenters. The van der Waals surface area contributed by atoms with Gasteiger partial charge < -0.3 is 14.8 Å². The highest BCUT2D eigenvalue weighted by atomic mass is 32.1. The molecule has 1 fully saturated rings. The molecule has 0 bridgehead atoms. The molecular weight excluding hydrogens is 460 g/mol. The molecule has 184 valence electrons. The van der Waals surface area contributed by atoms with Crippen LogP contribution in [0.15, 0.2) is 60.0 Å². The van der Waals surface area contributed by atoms with E-state index in [1.54, 1.807) is 25.2 Å². The van der Waals surface area contributed by atoms with Gasteiger partial charge in [-0.2, -0.15) is 0 Å². The minimum absolute atomic E-state index is 0.104. The first-order valence-electron chi connectivity index (χ1n) is 11.9. The number of nitrogens with one attached hydrogen (secondary N) is 1. The first-order valence-corrected chi connectivity index (χ1v) is 12.8. The molecule has 7 heteroatoms. The zero-order chi connectivity index (χ0) is 24.8. The molecule has 1 atom stereocenters. The third kappa shape index (κ3) is 5.51. The van der Waals surface area contributed by atoms with Crippen LogP contribution in [0.5, 0.6) is 11.5 Å². The number of aryl methyl sites for hydroxylation is 1. The van der Waals surface area contributed by atoms with Crippen LogP contribution >= 0.6 is 11.3 Å². The molecule has 2 aromatic carbocycles. The van der Waals surface area contributed by atoms with Crippen LogP contribution in [0.3, 0.4) is 0 Å². The zero-order valence-electron chi connectivity index (χ0n) is 20.5. The van der Waals surface area contributed by atoms with Gasteiger partial charge in [0.1, 0.15) is 6.04 Å². The van der Waals surface area contributed by atoms with E-state index >= 15 is 0 Å². The quantitative estimate of drug-likeness (QED) is 0.431. The Morgan fingerprint density at radius 1 is 1.03 bits per heavy atom. The molecule has 1 aromatic heterocycles. The molecule has 1 N–H and O–H groups in total. The van der Waals surface area contributed by atoms with Crippen molar-refractivity contribution in [3.05, 3.63) is 76.0 Å². The second-order valence-electron chi connectivity index (χ2n) is 8.78. The van der Waals surface area contributed by atoms with E-state index in [1.807, 2.05) is 60.8 Å². The number of hydrogen-bond acceptors (Lipinski definition) is 5. The van der Waals surface area contributed by atoms with Gasteiger partial charge in [-0.3, -0.25) is 14.5 Å². The molecule has 1 aliphatic rings. The molecule has 0 aliphatic heterocycles. The SMILES string of the molecule is COc1cccc([C@@H](C(=O)NC2CCCC2)N(C(=O)Cc2cccs2)c2ccccc2C)c1OC. The number of thiophene rings is 1. The third-order valence-corrected chi connectivity index (χ3v) is 7.36. The Hall–Kier alpha value is -3.32. The number of carbonyl (C=O) groups is 2. The average Bonchev–Trinajstić information content (AvgIpc) is 3.57. The van der Waals surface area contributed by atoms with Crippen LogP contribution in [0.1, 0.15) is 47.7 Å². The maximum Gasteiger partial charge on any atom is 0.248 e. The Balaban J connectivity index is 1.86. The van der Waals surface area contributed by atoms with Gasteiger partial charge in [0.05, 0.1) is 20.6 Å². The highest BCUT2D eigenvalue weighted by molar-refractivity contribution is 7.10. The number of rotatable bonds is 9. The Labute approximate surface area is 210 Å². The Bertz CT molecular complexity index is 1160. The van der Waals surface area contributed by atoms with Crippen molar-refractivity contribution >= 4 is 28.8 Å². The van der Waals surface area contributed by atoms with E-state index in [9.17, 15) is 9.59 Å². The van der Waals surface area contributed by atoms with E-state index in [0.717, 1.165) is 36.1 Å². The number of para-hydroxylation sites is 2. The van der Waals surface area contributed by atoms with Gasteiger partial charge in [-0.05, 0) is 48.9 Å². The van der Waals surface area contributed by atoms with Crippen LogP contribution in [0.2, 0.25) is 0 Å². The molecule has 1 aliphatic carbocycles. The Morgan fingerprint density at radius 3 is 2.46 bits per heavy atom. The van der Waals surface area contributed by atoms with E-state index in [-0.39, 0.29) is 24.3 Å². The predicted octanol–water partition coefficient (Wildman–Crippen LogP) is 5.45. The molecule has 35 heavy (non-hydrogen) atoms. The number of nitrogens with zero attached hydrogens (tertiary/aromatic N) is 1. The normalized spacial score (nSPS) is 14.4. The van der Waals surface area contributed by atoms with Crippen molar-refractivity contribution in [3.63, 3.8) is 0 Å². The average molecular weight is 493 g/mol. The summed E-state index contributed by atoms with van der Waals surface area (Å²) in [5, 5.41) is 5.18. The van der Waals surface area contributed by atoms with Gasteiger partial charge >= 0.3 is 0 Å². The molecule has 1 saturated carbocycles. The van der Waals surface area contributed by atoms with E-state index in [0.29, 0.717) is 22.7 Å². The highest BCUT2D eigenvalue weighted by Gasteiger charge is 2.37. The lowest BCUT2D eigenvalue weighted by Crippen LogP contribution is -2.47. The maximum atomic E-state index is 14.0. The molecule has 0 radical (unpaired) electrons. The summed E-state index contributed by atoms with van der Waals surface area (Å²) in [5.74, 6) is 0.590. The van der Waals surface area contributed by atoms with Crippen LogP contribution in [0.25, 0.3) is 0 Å². The van der Waals surface area contributed by atoms with Crippen LogP contribution in [0, 0.1) is 6.92 Å². The molecule has 2 amide bonds. The summed E-state index contributed by atoms with van der Waals surface area (Å²) in [6.07, 6.45) is 4.28. The second kappa shape index (κ2) is 11.4. The highest BCUT2D eigenvalue weighted by Crippen LogP contribution is 2.40. The molecule has 1 heterocycles. The third-order valence-electron chi connectivity index (χ3n) is 6.49. The number of anilines is 1. The summed E-state index contributed by atoms with van der Waals surface area (Å²) in [4.78, 5) is 30.5. The number of methoxy groups -OCH3 is 2. The summed E-state index contributed by atoms with van der Waals surface area (Å²) in [6, 6.07) is 16.2. The van der Waals surface area contributed by atoms with Gasteiger partial charge in [-0.25, -0.2) is 0 Å². The Morgan fingerprint density at radius 2 is 1.80 bits per heavy atom. The molecule has 6 nitrogen and oxygen atoms in total. The largest absolute Gasteiger partial charge is 0.493 e. The first-order chi connectivity index (χ1) is 17.0. The molecule has 0 saturated heterocycles. The number of ether oxygens (including phenoxy) is 2. The summed E-state index contributed by atoms with van der Waals surface area (Å²) in [5.41, 5.74) is 2.20. The van der Waals surface area contributed by atoms with Crippen LogP contribution in [-0.2, 0) is 16.0 Å². The fourth-order valence-corrected chi connectivity index (χ4v) is 5.47. The summed E-state index contributed by atoms with van der Waals surface area (Å²) >= 11 is 1.53. The lowest BCUT2D eigenvalue weighted by atomic mass is 9.99. The van der Waals surface area contributed by atoms with E-state index in [4.69, 9.17) is 9.47 Å². The van der Waals surface area contributed by atoms with Crippen LogP contribution in [0.4, 0.5) is 5.69 Å². The summed E-state index contributed by atoms with van der Waals surface area (Å²) < 4.78 is 11.3. The van der Waals surface area contributed by atoms with Crippen LogP contribution < -0.4 is 19.7 Å². The van der Waals surface area contributed by atoms with Gasteiger partial charge in [-0.1, -0.05) is 49.2 Å². The number of benzene rings is 2. The number of carbonyl (C=O) groups excluding carboxylic acids is 2. The van der Waals surface area contributed by atoms with Crippen molar-refractivity contribution in [2.45, 2.75) is 51.1 Å². The lowest BCUT2D eigenvalue weighted by molar-refractivity contribution is -0.127. The van der Waals surface area contributed by atoms with E-state index < -0.39 is 6.04 Å². The van der Waals surface area contributed by atoms with E-state index in [2.05, 4.69) is 5.32 Å². The van der Waals surface area contributed by atoms with Gasteiger partial charge in [0, 0.05) is 22.2 Å². The summed E-state index contributed by atoms with van der Waals surface area (Å²) in [7, 11) is 3.12. The van der Waals surface area contributed by atoms with Crippen molar-refractivity contribution in [3.8, 4) is 11.5 Å². The van der Waals surface area contributed by atoms with E-state index in [1.165, 1.54) is 11.3 Å². The smallest absolute Gasteiger partial charge is 0.248 e. The predicted molar refractivity (Wildman–Crippen MR) is 139 cm³/mol. The van der Waals surface area contributed by atoms with Crippen molar-refractivity contribution < 1.29 is 19.1 Å². The lowest BCUT2D eigenvalue weighted by Gasteiger charge is -2.34. The van der Waals surface area contributed by atoms with Crippen molar-refractivity contribution in [2.24, 2.45) is 0 Å². The summed E-state index contributed by atoms with van der Waals surface area (Å²) in [6.45, 7) is 1.95. The molecular formula is C28H32N2O4S. The standard InChI is InChI=1S/C28H32N2O4S/c1-19-10-4-7-15-23(19)30(25(31)18-21-13-9-17-35-21)26(28(32)29-20-11-5-6-12-20)22-14-8-16-24(33-2)27(22)34-3/h4,7-10,13-17,20,26H,5-6,11-12,18H2,1-3H3,(H,29,32)/t26-/m0/s1. The van der Waals surface area contributed by atoms with Crippen LogP contribution in [-0.4, -0.2) is 32.1 Å².